The maximum Gasteiger partial charge on any atom is 0.129 e. The van der Waals surface area contributed by atoms with Crippen LogP contribution < -0.4 is 10.2 Å². The maximum atomic E-state index is 9.58. The number of pyridine rings is 1. The van der Waals surface area contributed by atoms with Gasteiger partial charge in [-0.2, -0.15) is 0 Å². The summed E-state index contributed by atoms with van der Waals surface area (Å²) >= 11 is 3.50. The smallest absolute Gasteiger partial charge is 0.129 e. The Morgan fingerprint density at radius 2 is 1.90 bits per heavy atom. The molecule has 116 valence electrons. The van der Waals surface area contributed by atoms with E-state index < -0.39 is 0 Å². The molecule has 1 aromatic heterocycles. The van der Waals surface area contributed by atoms with Crippen LogP contribution in [-0.2, 0) is 4.74 Å². The zero-order valence-corrected chi connectivity index (χ0v) is 13.7. The summed E-state index contributed by atoms with van der Waals surface area (Å²) < 4.78 is 6.26. The minimum absolute atomic E-state index is 0.123. The van der Waals surface area contributed by atoms with E-state index in [1.54, 1.807) is 0 Å². The number of anilines is 2. The number of morpholine rings is 1. The fraction of sp³-hybridized carbons (Fsp3) is 0.667. The van der Waals surface area contributed by atoms with Crippen molar-refractivity contribution in [3.05, 3.63) is 16.7 Å². The average molecular weight is 356 g/mol. The first-order chi connectivity index (χ1) is 10.2. The predicted octanol–water partition coefficient (Wildman–Crippen LogP) is 2.40. The first-order valence-corrected chi connectivity index (χ1v) is 8.45. The molecular weight excluding hydrogens is 334 g/mol. The molecule has 2 fully saturated rings. The van der Waals surface area contributed by atoms with Crippen molar-refractivity contribution in [1.29, 1.82) is 0 Å². The molecule has 0 unspecified atom stereocenters. The van der Waals surface area contributed by atoms with Crippen molar-refractivity contribution < 1.29 is 9.84 Å². The Labute approximate surface area is 133 Å². The SMILES string of the molecule is OC1CCC(Nc2cc(N3CCOCC3)cc(Br)n2)CC1. The number of nitrogens with one attached hydrogen (secondary N) is 1. The molecule has 1 aliphatic heterocycles. The van der Waals surface area contributed by atoms with Crippen LogP contribution in [0.15, 0.2) is 16.7 Å². The number of aliphatic hydroxyl groups is 1. The van der Waals surface area contributed by atoms with Crippen LogP contribution in [0.25, 0.3) is 0 Å². The highest BCUT2D eigenvalue weighted by molar-refractivity contribution is 9.10. The van der Waals surface area contributed by atoms with Crippen LogP contribution in [0.2, 0.25) is 0 Å². The molecule has 2 heterocycles. The number of ether oxygens (including phenoxy) is 1. The van der Waals surface area contributed by atoms with Crippen molar-refractivity contribution >= 4 is 27.4 Å². The third kappa shape index (κ3) is 4.08. The lowest BCUT2D eigenvalue weighted by atomic mass is 9.93. The monoisotopic (exact) mass is 355 g/mol. The van der Waals surface area contributed by atoms with E-state index in [1.807, 2.05) is 0 Å². The molecule has 0 spiro atoms. The molecule has 3 rings (SSSR count). The molecule has 1 aromatic rings. The number of rotatable bonds is 3. The predicted molar refractivity (Wildman–Crippen MR) is 86.9 cm³/mol. The van der Waals surface area contributed by atoms with Crippen molar-refractivity contribution in [2.45, 2.75) is 37.8 Å². The van der Waals surface area contributed by atoms with Gasteiger partial charge >= 0.3 is 0 Å². The fourth-order valence-corrected chi connectivity index (χ4v) is 3.42. The molecule has 2 N–H and O–H groups in total. The minimum Gasteiger partial charge on any atom is -0.393 e. The summed E-state index contributed by atoms with van der Waals surface area (Å²) in [6, 6.07) is 4.58. The van der Waals surface area contributed by atoms with Crippen molar-refractivity contribution in [3.63, 3.8) is 0 Å². The maximum absolute atomic E-state index is 9.58. The average Bonchev–Trinajstić information content (AvgIpc) is 2.50. The lowest BCUT2D eigenvalue weighted by Gasteiger charge is -2.30. The summed E-state index contributed by atoms with van der Waals surface area (Å²) in [5.41, 5.74) is 1.18. The summed E-state index contributed by atoms with van der Waals surface area (Å²) in [6.07, 6.45) is 3.64. The van der Waals surface area contributed by atoms with Gasteiger partial charge < -0.3 is 20.1 Å². The van der Waals surface area contributed by atoms with Gasteiger partial charge in [-0.3, -0.25) is 0 Å². The molecule has 0 aromatic carbocycles. The highest BCUT2D eigenvalue weighted by atomic mass is 79.9. The molecule has 0 bridgehead atoms. The molecule has 1 saturated carbocycles. The quantitative estimate of drug-likeness (QED) is 0.815. The number of aromatic nitrogens is 1. The highest BCUT2D eigenvalue weighted by Gasteiger charge is 2.20. The van der Waals surface area contributed by atoms with E-state index in [-0.39, 0.29) is 6.10 Å². The first kappa shape index (κ1) is 15.1. The minimum atomic E-state index is -0.123. The Bertz CT molecular complexity index is 472. The normalized spacial score (nSPS) is 26.7. The Kier molecular flexibility index (Phi) is 4.98. The summed E-state index contributed by atoms with van der Waals surface area (Å²) in [4.78, 5) is 6.85. The lowest BCUT2D eigenvalue weighted by molar-refractivity contribution is 0.122. The Balaban J connectivity index is 1.68. The van der Waals surface area contributed by atoms with Gasteiger partial charge in [0.15, 0.2) is 0 Å². The molecule has 21 heavy (non-hydrogen) atoms. The molecule has 1 saturated heterocycles. The van der Waals surface area contributed by atoms with Crippen LogP contribution in [0.1, 0.15) is 25.7 Å². The van der Waals surface area contributed by atoms with Gasteiger partial charge in [0.2, 0.25) is 0 Å². The molecular formula is C15H22BrN3O2. The van der Waals surface area contributed by atoms with E-state index in [9.17, 15) is 5.11 Å². The largest absolute Gasteiger partial charge is 0.393 e. The van der Waals surface area contributed by atoms with Crippen molar-refractivity contribution in [3.8, 4) is 0 Å². The van der Waals surface area contributed by atoms with Gasteiger partial charge in [0, 0.05) is 30.9 Å². The summed E-state index contributed by atoms with van der Waals surface area (Å²) in [7, 11) is 0. The van der Waals surface area contributed by atoms with E-state index in [0.29, 0.717) is 6.04 Å². The van der Waals surface area contributed by atoms with Gasteiger partial charge in [-0.15, -0.1) is 0 Å². The third-order valence-corrected chi connectivity index (χ3v) is 4.61. The lowest BCUT2D eigenvalue weighted by Crippen LogP contribution is -2.36. The second-order valence-corrected chi connectivity index (χ2v) is 6.59. The molecule has 0 amide bonds. The van der Waals surface area contributed by atoms with Gasteiger partial charge in [0.25, 0.3) is 0 Å². The number of hydrogen-bond donors (Lipinski definition) is 2. The number of hydrogen-bond acceptors (Lipinski definition) is 5. The summed E-state index contributed by atoms with van der Waals surface area (Å²) in [5.74, 6) is 0.909. The van der Waals surface area contributed by atoms with Crippen LogP contribution in [-0.4, -0.2) is 48.5 Å². The molecule has 0 atom stereocenters. The van der Waals surface area contributed by atoms with Crippen LogP contribution in [0.4, 0.5) is 11.5 Å². The number of halogens is 1. The Morgan fingerprint density at radius 1 is 1.19 bits per heavy atom. The van der Waals surface area contributed by atoms with Crippen molar-refractivity contribution in [1.82, 2.24) is 4.98 Å². The zero-order chi connectivity index (χ0) is 14.7. The fourth-order valence-electron chi connectivity index (χ4n) is 2.99. The topological polar surface area (TPSA) is 57.6 Å². The summed E-state index contributed by atoms with van der Waals surface area (Å²) in [5, 5.41) is 13.1. The van der Waals surface area contributed by atoms with E-state index in [0.717, 1.165) is 62.4 Å². The van der Waals surface area contributed by atoms with Crippen molar-refractivity contribution in [2.24, 2.45) is 0 Å². The van der Waals surface area contributed by atoms with E-state index in [4.69, 9.17) is 4.74 Å². The van der Waals surface area contributed by atoms with E-state index in [2.05, 4.69) is 43.3 Å². The zero-order valence-electron chi connectivity index (χ0n) is 12.1. The molecule has 2 aliphatic rings. The van der Waals surface area contributed by atoms with Gasteiger partial charge in [0.1, 0.15) is 10.4 Å². The Morgan fingerprint density at radius 3 is 2.62 bits per heavy atom. The second kappa shape index (κ2) is 6.94. The van der Waals surface area contributed by atoms with Crippen LogP contribution in [0, 0.1) is 0 Å². The van der Waals surface area contributed by atoms with Gasteiger partial charge in [0.05, 0.1) is 19.3 Å². The van der Waals surface area contributed by atoms with Crippen LogP contribution >= 0.6 is 15.9 Å². The number of nitrogens with zero attached hydrogens (tertiary/aromatic N) is 2. The van der Waals surface area contributed by atoms with E-state index >= 15 is 0 Å². The molecule has 6 heteroatoms. The van der Waals surface area contributed by atoms with Crippen LogP contribution in [0.5, 0.6) is 0 Å². The second-order valence-electron chi connectivity index (χ2n) is 5.78. The van der Waals surface area contributed by atoms with Gasteiger partial charge in [-0.1, -0.05) is 0 Å². The van der Waals surface area contributed by atoms with Crippen molar-refractivity contribution in [2.75, 3.05) is 36.5 Å². The first-order valence-electron chi connectivity index (χ1n) is 7.65. The van der Waals surface area contributed by atoms with Gasteiger partial charge in [-0.25, -0.2) is 4.98 Å². The molecule has 0 radical (unpaired) electrons. The van der Waals surface area contributed by atoms with Crippen LogP contribution in [0.3, 0.4) is 0 Å². The molecule has 5 nitrogen and oxygen atoms in total. The molecule has 1 aliphatic carbocycles. The van der Waals surface area contributed by atoms with Gasteiger partial charge in [-0.05, 0) is 47.7 Å². The van der Waals surface area contributed by atoms with E-state index in [1.165, 1.54) is 5.69 Å². The Hall–Kier alpha value is -0.850. The summed E-state index contributed by atoms with van der Waals surface area (Å²) in [6.45, 7) is 3.41. The third-order valence-electron chi connectivity index (χ3n) is 4.20. The highest BCUT2D eigenvalue weighted by Crippen LogP contribution is 2.26. The standard InChI is InChI=1S/C15H22BrN3O2/c16-14-9-12(19-5-7-21-8-6-19)10-15(18-14)17-11-1-3-13(20)4-2-11/h9-11,13,20H,1-8H2,(H,17,18). The number of aliphatic hydroxyl groups excluding tert-OH is 1.